The van der Waals surface area contributed by atoms with Gasteiger partial charge in [0.2, 0.25) is 0 Å². The molecule has 102 valence electrons. The van der Waals surface area contributed by atoms with Crippen molar-refractivity contribution in [3.05, 3.63) is 0 Å². The second-order valence-electron chi connectivity index (χ2n) is 6.97. The Hall–Kier alpha value is -0.860. The first-order valence-corrected chi connectivity index (χ1v) is 6.83. The Morgan fingerprint density at radius 3 is 2.28 bits per heavy atom. The van der Waals surface area contributed by atoms with E-state index in [-0.39, 0.29) is 22.8 Å². The molecule has 0 radical (unpaired) electrons. The highest BCUT2D eigenvalue weighted by molar-refractivity contribution is 5.96. The number of aliphatic imine (C=N–C) groups is 1. The minimum absolute atomic E-state index is 0.143. The molecule has 0 N–H and O–H groups in total. The van der Waals surface area contributed by atoms with Crippen molar-refractivity contribution in [3.63, 3.8) is 0 Å². The third-order valence-corrected chi connectivity index (χ3v) is 6.15. The van der Waals surface area contributed by atoms with E-state index in [1.165, 1.54) is 25.7 Å². The minimum atomic E-state index is -0.374. The fraction of sp³-hybridized carbons (Fsp3) is 0.867. The molecule has 2 fully saturated rings. The molecule has 2 rings (SSSR count). The lowest BCUT2D eigenvalue weighted by Crippen LogP contribution is -2.35. The van der Waals surface area contributed by atoms with Crippen LogP contribution < -0.4 is 0 Å². The lowest BCUT2D eigenvalue weighted by Gasteiger charge is -2.38. The highest BCUT2D eigenvalue weighted by Crippen LogP contribution is 2.70. The number of hydrogen-bond acceptors (Lipinski definition) is 3. The lowest BCUT2D eigenvalue weighted by molar-refractivity contribution is -0.141. The molecular weight excluding hydrogens is 226 g/mol. The van der Waals surface area contributed by atoms with Gasteiger partial charge < -0.3 is 4.74 Å². The van der Waals surface area contributed by atoms with Crippen molar-refractivity contribution in [1.29, 1.82) is 0 Å². The summed E-state index contributed by atoms with van der Waals surface area (Å²) in [5.41, 5.74) is 1.95. The maximum Gasteiger partial charge on any atom is 0.330 e. The molecule has 0 saturated heterocycles. The van der Waals surface area contributed by atoms with Gasteiger partial charge in [0.25, 0.3) is 0 Å². The van der Waals surface area contributed by atoms with Gasteiger partial charge in [0.05, 0.1) is 7.11 Å². The Morgan fingerprint density at radius 2 is 1.89 bits per heavy atom. The van der Waals surface area contributed by atoms with Crippen molar-refractivity contribution in [3.8, 4) is 0 Å². The van der Waals surface area contributed by atoms with E-state index >= 15 is 0 Å². The molecule has 2 aliphatic carbocycles. The average Bonchev–Trinajstić information content (AvgIpc) is 2.56. The van der Waals surface area contributed by atoms with Crippen molar-refractivity contribution in [2.24, 2.45) is 21.2 Å². The fourth-order valence-electron chi connectivity index (χ4n) is 3.84. The second kappa shape index (κ2) is 3.82. The van der Waals surface area contributed by atoms with E-state index in [1.54, 1.807) is 0 Å². The number of carbonyl (C=O) groups excluding carboxylic acids is 1. The molecule has 0 aromatic rings. The van der Waals surface area contributed by atoms with Crippen LogP contribution in [0.5, 0.6) is 0 Å². The number of methoxy groups -OCH3 is 1. The van der Waals surface area contributed by atoms with E-state index in [9.17, 15) is 4.79 Å². The van der Waals surface area contributed by atoms with Crippen LogP contribution in [-0.4, -0.2) is 24.8 Å². The third-order valence-electron chi connectivity index (χ3n) is 6.15. The summed E-state index contributed by atoms with van der Waals surface area (Å²) in [4.78, 5) is 16.2. The van der Waals surface area contributed by atoms with E-state index in [1.807, 2.05) is 6.92 Å². The number of carbonyl (C=O) groups is 1. The molecule has 2 aliphatic rings. The summed E-state index contributed by atoms with van der Waals surface area (Å²) in [5, 5.41) is 0. The van der Waals surface area contributed by atoms with E-state index in [2.05, 4.69) is 32.7 Å². The van der Waals surface area contributed by atoms with Gasteiger partial charge in [-0.2, -0.15) is 0 Å². The van der Waals surface area contributed by atoms with Crippen LogP contribution in [0.15, 0.2) is 4.99 Å². The van der Waals surface area contributed by atoms with Crippen LogP contribution in [0.1, 0.15) is 53.9 Å². The number of hydrogen-bond donors (Lipinski definition) is 0. The summed E-state index contributed by atoms with van der Waals surface area (Å²) in [6.45, 7) is 11.2. The van der Waals surface area contributed by atoms with Crippen molar-refractivity contribution >= 4 is 11.7 Å². The second-order valence-corrected chi connectivity index (χ2v) is 6.97. The van der Waals surface area contributed by atoms with Gasteiger partial charge in [-0.15, -0.1) is 0 Å². The van der Waals surface area contributed by atoms with Crippen LogP contribution in [0.3, 0.4) is 0 Å². The molecule has 3 nitrogen and oxygen atoms in total. The summed E-state index contributed by atoms with van der Waals surface area (Å²) in [6, 6.07) is -0.374. The maximum atomic E-state index is 11.5. The number of nitrogens with zero attached hydrogens (tertiary/aromatic N) is 1. The first-order valence-electron chi connectivity index (χ1n) is 6.83. The molecule has 0 aromatic heterocycles. The van der Waals surface area contributed by atoms with Gasteiger partial charge in [-0.05, 0) is 37.0 Å². The normalized spacial score (nSPS) is 41.1. The zero-order valence-electron chi connectivity index (χ0n) is 12.5. The van der Waals surface area contributed by atoms with E-state index in [4.69, 9.17) is 4.74 Å². The predicted octanol–water partition coefficient (Wildman–Crippen LogP) is 3.23. The van der Waals surface area contributed by atoms with Gasteiger partial charge >= 0.3 is 5.97 Å². The van der Waals surface area contributed by atoms with Crippen molar-refractivity contribution in [1.82, 2.24) is 0 Å². The Labute approximate surface area is 110 Å². The van der Waals surface area contributed by atoms with Gasteiger partial charge in [0.1, 0.15) is 6.04 Å². The number of ether oxygens (including phenoxy) is 1. The first kappa shape index (κ1) is 13.6. The van der Waals surface area contributed by atoms with Crippen molar-refractivity contribution < 1.29 is 9.53 Å². The number of rotatable bonds is 2. The molecular formula is C15H25NO2. The molecule has 0 aliphatic heterocycles. The van der Waals surface area contributed by atoms with Gasteiger partial charge in [-0.1, -0.05) is 27.7 Å². The zero-order valence-corrected chi connectivity index (χ0v) is 12.5. The van der Waals surface area contributed by atoms with Gasteiger partial charge in [-0.3, -0.25) is 4.99 Å². The molecule has 0 heterocycles. The van der Waals surface area contributed by atoms with Crippen LogP contribution in [-0.2, 0) is 9.53 Å². The minimum Gasteiger partial charge on any atom is -0.467 e. The molecule has 0 aromatic carbocycles. The topological polar surface area (TPSA) is 38.7 Å². The Kier molecular flexibility index (Phi) is 2.88. The summed E-state index contributed by atoms with van der Waals surface area (Å²) in [7, 11) is 1.42. The third kappa shape index (κ3) is 1.49. The molecule has 2 saturated carbocycles. The molecule has 2 bridgehead atoms. The molecule has 0 spiro atoms. The van der Waals surface area contributed by atoms with Crippen molar-refractivity contribution in [2.45, 2.75) is 59.9 Å². The Balaban J connectivity index is 2.34. The molecule has 3 atom stereocenters. The SMILES string of the molecule is COC(=O)[C@H](C)N=C1C[C@@]2(C)CC[C@]1(C)C2(C)C. The Bertz CT molecular complexity index is 413. The highest BCUT2D eigenvalue weighted by Gasteiger charge is 2.66. The summed E-state index contributed by atoms with van der Waals surface area (Å²) >= 11 is 0. The van der Waals surface area contributed by atoms with Gasteiger partial charge in [-0.25, -0.2) is 4.79 Å². The van der Waals surface area contributed by atoms with Gasteiger partial charge in [0.15, 0.2) is 0 Å². The monoisotopic (exact) mass is 251 g/mol. The maximum absolute atomic E-state index is 11.5. The quantitative estimate of drug-likeness (QED) is 0.707. The van der Waals surface area contributed by atoms with Gasteiger partial charge in [0, 0.05) is 11.1 Å². The highest BCUT2D eigenvalue weighted by atomic mass is 16.5. The predicted molar refractivity (Wildman–Crippen MR) is 72.8 cm³/mol. The van der Waals surface area contributed by atoms with E-state index in [0.717, 1.165) is 6.42 Å². The Morgan fingerprint density at radius 1 is 1.28 bits per heavy atom. The molecule has 18 heavy (non-hydrogen) atoms. The summed E-state index contributed by atoms with van der Waals surface area (Å²) in [6.07, 6.45) is 3.48. The number of esters is 1. The van der Waals surface area contributed by atoms with E-state index in [0.29, 0.717) is 5.41 Å². The van der Waals surface area contributed by atoms with Crippen LogP contribution >= 0.6 is 0 Å². The fourth-order valence-corrected chi connectivity index (χ4v) is 3.84. The van der Waals surface area contributed by atoms with Crippen LogP contribution in [0.4, 0.5) is 0 Å². The first-order chi connectivity index (χ1) is 8.18. The zero-order chi connectivity index (χ0) is 13.8. The van der Waals surface area contributed by atoms with Crippen LogP contribution in [0.25, 0.3) is 0 Å². The summed E-state index contributed by atoms with van der Waals surface area (Å²) in [5.74, 6) is -0.239. The molecule has 3 heteroatoms. The van der Waals surface area contributed by atoms with E-state index < -0.39 is 0 Å². The number of fused-ring (bicyclic) bond motifs is 2. The average molecular weight is 251 g/mol. The molecule has 0 unspecified atom stereocenters. The smallest absolute Gasteiger partial charge is 0.330 e. The van der Waals surface area contributed by atoms with Crippen LogP contribution in [0, 0.1) is 16.2 Å². The van der Waals surface area contributed by atoms with Crippen molar-refractivity contribution in [2.75, 3.05) is 7.11 Å². The summed E-state index contributed by atoms with van der Waals surface area (Å²) < 4.78 is 4.77. The lowest BCUT2D eigenvalue weighted by atomic mass is 9.66. The standard InChI is InChI=1S/C15H25NO2/c1-10(12(17)18-6)16-11-9-14(4)7-8-15(11,5)13(14,2)3/h10H,7-9H2,1-6H3/t10-,14+,15-/m0/s1. The molecule has 0 amide bonds. The van der Waals surface area contributed by atoms with Crippen LogP contribution in [0.2, 0.25) is 0 Å². The largest absolute Gasteiger partial charge is 0.467 e.